The number of benzene rings is 2. The van der Waals surface area contributed by atoms with E-state index in [9.17, 15) is 4.79 Å². The summed E-state index contributed by atoms with van der Waals surface area (Å²) in [6.45, 7) is 1.96. The smallest absolute Gasteiger partial charge is 0.262 e. The van der Waals surface area contributed by atoms with Crippen molar-refractivity contribution in [3.8, 4) is 5.75 Å². The molecule has 1 heterocycles. The third kappa shape index (κ3) is 3.49. The number of hydrogen-bond donors (Lipinski definition) is 1. The van der Waals surface area contributed by atoms with Crippen molar-refractivity contribution in [3.05, 3.63) is 65.3 Å². The molecule has 0 atom stereocenters. The van der Waals surface area contributed by atoms with Crippen LogP contribution in [-0.4, -0.2) is 17.5 Å². The molecule has 1 amide bonds. The molecule has 0 aliphatic rings. The molecule has 0 bridgehead atoms. The Morgan fingerprint density at radius 1 is 1.17 bits per heavy atom. The highest BCUT2D eigenvalue weighted by Crippen LogP contribution is 2.29. The minimum atomic E-state index is -0.213. The molecule has 3 aromatic rings. The van der Waals surface area contributed by atoms with Crippen molar-refractivity contribution < 1.29 is 9.53 Å². The molecule has 0 unspecified atom stereocenters. The predicted molar refractivity (Wildman–Crippen MR) is 96.7 cm³/mol. The number of ether oxygens (including phenoxy) is 1. The van der Waals surface area contributed by atoms with Gasteiger partial charge >= 0.3 is 0 Å². The molecule has 0 radical (unpaired) electrons. The van der Waals surface area contributed by atoms with E-state index in [2.05, 4.69) is 10.3 Å². The fourth-order valence-electron chi connectivity index (χ4n) is 2.51. The maximum atomic E-state index is 12.2. The third-order valence-corrected chi connectivity index (χ3v) is 4.04. The lowest BCUT2D eigenvalue weighted by atomic mass is 10.1. The first kappa shape index (κ1) is 16.3. The summed E-state index contributed by atoms with van der Waals surface area (Å²) in [6.07, 6.45) is 2.52. The van der Waals surface area contributed by atoms with Gasteiger partial charge in [0.1, 0.15) is 11.3 Å². The first-order valence-corrected chi connectivity index (χ1v) is 8.10. The largest absolute Gasteiger partial charge is 0.481 e. The van der Waals surface area contributed by atoms with Gasteiger partial charge in [-0.15, -0.1) is 0 Å². The highest BCUT2D eigenvalue weighted by atomic mass is 35.5. The van der Waals surface area contributed by atoms with E-state index in [4.69, 9.17) is 16.3 Å². The molecule has 5 heteroatoms. The fourth-order valence-corrected chi connectivity index (χ4v) is 2.72. The Balaban J connectivity index is 1.72. The van der Waals surface area contributed by atoms with Crippen molar-refractivity contribution in [3.63, 3.8) is 0 Å². The highest BCUT2D eigenvalue weighted by Gasteiger charge is 2.10. The molecule has 0 aliphatic carbocycles. The number of nitrogens with zero attached hydrogens (tertiary/aromatic N) is 1. The van der Waals surface area contributed by atoms with E-state index in [-0.39, 0.29) is 12.5 Å². The van der Waals surface area contributed by atoms with Crippen LogP contribution in [0.5, 0.6) is 5.75 Å². The normalized spacial score (nSPS) is 10.6. The maximum Gasteiger partial charge on any atom is 0.262 e. The number of para-hydroxylation sites is 1. The van der Waals surface area contributed by atoms with E-state index < -0.39 is 0 Å². The number of fused-ring (bicyclic) bond motifs is 1. The number of anilines is 1. The molecule has 3 rings (SSSR count). The van der Waals surface area contributed by atoms with Crippen LogP contribution < -0.4 is 10.1 Å². The number of amides is 1. The Morgan fingerprint density at radius 3 is 2.83 bits per heavy atom. The van der Waals surface area contributed by atoms with Crippen LogP contribution in [0.15, 0.2) is 54.7 Å². The number of carbonyl (C=O) groups excluding carboxylic acids is 1. The van der Waals surface area contributed by atoms with Gasteiger partial charge in [0.05, 0.1) is 5.02 Å². The van der Waals surface area contributed by atoms with Gasteiger partial charge < -0.3 is 10.1 Å². The van der Waals surface area contributed by atoms with Gasteiger partial charge in [-0.2, -0.15) is 0 Å². The molecule has 2 aromatic carbocycles. The molecule has 0 aliphatic heterocycles. The molecule has 1 N–H and O–H groups in total. The Morgan fingerprint density at radius 2 is 2.00 bits per heavy atom. The first-order valence-electron chi connectivity index (χ1n) is 7.73. The highest BCUT2D eigenvalue weighted by molar-refractivity contribution is 6.35. The lowest BCUT2D eigenvalue weighted by molar-refractivity contribution is -0.118. The summed E-state index contributed by atoms with van der Waals surface area (Å²) in [5.74, 6) is 0.323. The van der Waals surface area contributed by atoms with Gasteiger partial charge in [0.15, 0.2) is 6.61 Å². The molecular weight excluding hydrogens is 324 g/mol. The summed E-state index contributed by atoms with van der Waals surface area (Å²) in [5, 5.41) is 4.28. The zero-order valence-electron chi connectivity index (χ0n) is 13.3. The summed E-state index contributed by atoms with van der Waals surface area (Å²) in [7, 11) is 0. The number of pyridine rings is 1. The topological polar surface area (TPSA) is 51.2 Å². The Kier molecular flexibility index (Phi) is 4.96. The van der Waals surface area contributed by atoms with Gasteiger partial charge in [-0.25, -0.2) is 0 Å². The molecule has 122 valence electrons. The summed E-state index contributed by atoms with van der Waals surface area (Å²) in [6, 6.07) is 14.9. The number of aromatic nitrogens is 1. The molecule has 24 heavy (non-hydrogen) atoms. The van der Waals surface area contributed by atoms with Crippen molar-refractivity contribution in [1.82, 2.24) is 4.98 Å². The number of carbonyl (C=O) groups is 1. The number of rotatable bonds is 5. The van der Waals surface area contributed by atoms with Gasteiger partial charge in [-0.3, -0.25) is 9.78 Å². The van der Waals surface area contributed by atoms with E-state index >= 15 is 0 Å². The van der Waals surface area contributed by atoms with E-state index in [0.717, 1.165) is 23.1 Å². The van der Waals surface area contributed by atoms with Crippen LogP contribution in [0.2, 0.25) is 5.02 Å². The molecule has 0 saturated heterocycles. The second kappa shape index (κ2) is 7.32. The van der Waals surface area contributed by atoms with Crippen molar-refractivity contribution in [1.29, 1.82) is 0 Å². The van der Waals surface area contributed by atoms with Gasteiger partial charge in [-0.05, 0) is 42.3 Å². The molecule has 4 nitrogen and oxygen atoms in total. The van der Waals surface area contributed by atoms with Crippen molar-refractivity contribution in [2.24, 2.45) is 0 Å². The minimum absolute atomic E-state index is 0.0919. The second-order valence-corrected chi connectivity index (χ2v) is 5.70. The van der Waals surface area contributed by atoms with Crippen LogP contribution in [-0.2, 0) is 11.2 Å². The molecule has 0 saturated carbocycles. The first-order chi connectivity index (χ1) is 11.7. The fraction of sp³-hybridized carbons (Fsp3) is 0.158. The summed E-state index contributed by atoms with van der Waals surface area (Å²) < 4.78 is 5.65. The monoisotopic (exact) mass is 340 g/mol. The quantitative estimate of drug-likeness (QED) is 0.745. The van der Waals surface area contributed by atoms with E-state index in [1.165, 1.54) is 0 Å². The average Bonchev–Trinajstić information content (AvgIpc) is 2.62. The van der Waals surface area contributed by atoms with Crippen molar-refractivity contribution in [2.75, 3.05) is 11.9 Å². The average molecular weight is 341 g/mol. The lowest BCUT2D eigenvalue weighted by Gasteiger charge is -2.12. The van der Waals surface area contributed by atoms with Crippen LogP contribution in [0, 0.1) is 0 Å². The lowest BCUT2D eigenvalue weighted by Crippen LogP contribution is -2.21. The van der Waals surface area contributed by atoms with Gasteiger partial charge in [0, 0.05) is 17.3 Å². The van der Waals surface area contributed by atoms with E-state index in [1.807, 2.05) is 43.3 Å². The van der Waals surface area contributed by atoms with Gasteiger partial charge in [0.25, 0.3) is 5.91 Å². The molecule has 0 fully saturated rings. The maximum absolute atomic E-state index is 12.2. The van der Waals surface area contributed by atoms with Crippen LogP contribution in [0.25, 0.3) is 10.9 Å². The molecular formula is C19H17ClN2O2. The third-order valence-electron chi connectivity index (χ3n) is 3.71. The zero-order valence-corrected chi connectivity index (χ0v) is 14.0. The van der Waals surface area contributed by atoms with Crippen molar-refractivity contribution >= 4 is 34.1 Å². The van der Waals surface area contributed by atoms with E-state index in [1.54, 1.807) is 18.3 Å². The van der Waals surface area contributed by atoms with Crippen LogP contribution >= 0.6 is 11.6 Å². The molecule has 0 spiro atoms. The predicted octanol–water partition coefficient (Wildman–Crippen LogP) is 4.47. The van der Waals surface area contributed by atoms with Gasteiger partial charge in [0.2, 0.25) is 0 Å². The Hall–Kier alpha value is -2.59. The summed E-state index contributed by atoms with van der Waals surface area (Å²) in [5.41, 5.74) is 2.55. The Labute approximate surface area is 145 Å². The number of aryl methyl sites for hydroxylation is 1. The summed E-state index contributed by atoms with van der Waals surface area (Å²) >= 11 is 6.16. The minimum Gasteiger partial charge on any atom is -0.481 e. The van der Waals surface area contributed by atoms with Crippen LogP contribution in [0.1, 0.15) is 12.5 Å². The Bertz CT molecular complexity index is 880. The number of hydrogen-bond acceptors (Lipinski definition) is 3. The van der Waals surface area contributed by atoms with E-state index in [0.29, 0.717) is 16.3 Å². The van der Waals surface area contributed by atoms with Crippen molar-refractivity contribution in [2.45, 2.75) is 13.3 Å². The zero-order chi connectivity index (χ0) is 16.9. The molecule has 1 aromatic heterocycles. The standard InChI is InChI=1S/C19H17ClN2O2/c1-2-13-6-3-4-8-16(13)22-18(23)12-24-17-10-9-15(20)14-7-5-11-21-19(14)17/h3-11H,2,12H2,1H3,(H,22,23). The number of halogens is 1. The SMILES string of the molecule is CCc1ccccc1NC(=O)COc1ccc(Cl)c2cccnc12. The second-order valence-electron chi connectivity index (χ2n) is 5.29. The number of nitrogens with one attached hydrogen (secondary N) is 1. The summed E-state index contributed by atoms with van der Waals surface area (Å²) in [4.78, 5) is 16.5. The van der Waals surface area contributed by atoms with Crippen LogP contribution in [0.3, 0.4) is 0 Å². The van der Waals surface area contributed by atoms with Gasteiger partial charge in [-0.1, -0.05) is 36.7 Å². The van der Waals surface area contributed by atoms with Crippen LogP contribution in [0.4, 0.5) is 5.69 Å².